The van der Waals surface area contributed by atoms with Crippen molar-refractivity contribution in [2.75, 3.05) is 18.6 Å². The van der Waals surface area contributed by atoms with Crippen LogP contribution in [0.25, 0.3) is 0 Å². The van der Waals surface area contributed by atoms with Gasteiger partial charge in [-0.15, -0.1) is 0 Å². The van der Waals surface area contributed by atoms with Gasteiger partial charge in [0.1, 0.15) is 0 Å². The van der Waals surface area contributed by atoms with Crippen LogP contribution in [0, 0.1) is 5.41 Å². The Morgan fingerprint density at radius 2 is 2.42 bits per heavy atom. The summed E-state index contributed by atoms with van der Waals surface area (Å²) in [6.45, 7) is 3.01. The highest BCUT2D eigenvalue weighted by molar-refractivity contribution is 7.84. The minimum absolute atomic E-state index is 0.269. The predicted molar refractivity (Wildman–Crippen MR) is 52.1 cm³/mol. The Morgan fingerprint density at radius 1 is 1.75 bits per heavy atom. The van der Waals surface area contributed by atoms with E-state index in [1.54, 1.807) is 6.26 Å². The molecule has 3 nitrogen and oxygen atoms in total. The van der Waals surface area contributed by atoms with Crippen LogP contribution in [-0.2, 0) is 10.8 Å². The normalized spacial score (nSPS) is 22.8. The molecule has 0 aromatic heterocycles. The highest BCUT2D eigenvalue weighted by Gasteiger charge is 2.22. The minimum Gasteiger partial charge on any atom is -0.357 e. The average molecular weight is 188 g/mol. The van der Waals surface area contributed by atoms with Gasteiger partial charge in [0.15, 0.2) is 0 Å². The van der Waals surface area contributed by atoms with Gasteiger partial charge in [-0.2, -0.15) is 0 Å². The van der Waals surface area contributed by atoms with Gasteiger partial charge in [-0.25, -0.2) is 0 Å². The number of nitrogens with one attached hydrogen (secondary N) is 1. The van der Waals surface area contributed by atoms with Gasteiger partial charge >= 0.3 is 0 Å². The number of rotatable bonds is 3. The van der Waals surface area contributed by atoms with Gasteiger partial charge < -0.3 is 4.90 Å². The quantitative estimate of drug-likeness (QED) is 0.713. The first-order chi connectivity index (χ1) is 5.61. The molecule has 1 rings (SSSR count). The number of nitrogens with zero attached hydrogens (tertiary/aromatic N) is 1. The highest BCUT2D eigenvalue weighted by atomic mass is 32.2. The molecule has 12 heavy (non-hydrogen) atoms. The van der Waals surface area contributed by atoms with Crippen LogP contribution in [0.3, 0.4) is 0 Å². The molecule has 0 aromatic carbocycles. The fourth-order valence-electron chi connectivity index (χ4n) is 1.61. The third kappa shape index (κ3) is 2.30. The van der Waals surface area contributed by atoms with Crippen LogP contribution in [0.1, 0.15) is 19.8 Å². The molecule has 4 heteroatoms. The molecule has 1 heterocycles. The van der Waals surface area contributed by atoms with Crippen molar-refractivity contribution in [3.8, 4) is 0 Å². The Labute approximate surface area is 76.1 Å². The lowest BCUT2D eigenvalue weighted by molar-refractivity contribution is 0.379. The molecule has 0 amide bonds. The van der Waals surface area contributed by atoms with E-state index >= 15 is 0 Å². The standard InChI is InChI=1S/C8H16N2OS/c1-7(6-12(2)11)10-5-3-4-8(10)9/h7,9H,3-6H2,1-2H3. The maximum Gasteiger partial charge on any atom is 0.0961 e. The zero-order valence-corrected chi connectivity index (χ0v) is 8.49. The first-order valence-electron chi connectivity index (χ1n) is 4.25. The monoisotopic (exact) mass is 188 g/mol. The largest absolute Gasteiger partial charge is 0.357 e. The van der Waals surface area contributed by atoms with Gasteiger partial charge in [-0.3, -0.25) is 9.62 Å². The zero-order valence-electron chi connectivity index (χ0n) is 7.67. The Morgan fingerprint density at radius 3 is 2.83 bits per heavy atom. The van der Waals surface area contributed by atoms with Gasteiger partial charge in [0, 0.05) is 41.8 Å². The average Bonchev–Trinajstić information content (AvgIpc) is 2.33. The van der Waals surface area contributed by atoms with E-state index in [4.69, 9.17) is 5.41 Å². The maximum absolute atomic E-state index is 10.9. The lowest BCUT2D eigenvalue weighted by Crippen LogP contribution is -2.37. The smallest absolute Gasteiger partial charge is 0.0961 e. The first kappa shape index (κ1) is 9.71. The van der Waals surface area contributed by atoms with Crippen LogP contribution in [0.4, 0.5) is 0 Å². The summed E-state index contributed by atoms with van der Waals surface area (Å²) in [5, 5.41) is 7.61. The van der Waals surface area contributed by atoms with E-state index in [0.717, 1.165) is 19.4 Å². The van der Waals surface area contributed by atoms with Crippen LogP contribution in [0.2, 0.25) is 0 Å². The van der Waals surface area contributed by atoms with Gasteiger partial charge in [0.2, 0.25) is 0 Å². The highest BCUT2D eigenvalue weighted by Crippen LogP contribution is 2.13. The van der Waals surface area contributed by atoms with E-state index in [0.29, 0.717) is 11.6 Å². The van der Waals surface area contributed by atoms with Crippen LogP contribution in [0.5, 0.6) is 0 Å². The molecule has 0 radical (unpaired) electrons. The number of hydrogen-bond donors (Lipinski definition) is 1. The summed E-state index contributed by atoms with van der Waals surface area (Å²) in [5.74, 6) is 1.40. The van der Waals surface area contributed by atoms with Crippen LogP contribution in [0.15, 0.2) is 0 Å². The molecule has 1 aliphatic heterocycles. The number of hydrogen-bond acceptors (Lipinski definition) is 2. The molecule has 70 valence electrons. The van der Waals surface area contributed by atoms with Crippen molar-refractivity contribution < 1.29 is 4.21 Å². The maximum atomic E-state index is 10.9. The van der Waals surface area contributed by atoms with Crippen molar-refractivity contribution in [2.45, 2.75) is 25.8 Å². The molecule has 1 fully saturated rings. The summed E-state index contributed by atoms with van der Waals surface area (Å²) in [4.78, 5) is 2.06. The van der Waals surface area contributed by atoms with Crippen LogP contribution < -0.4 is 0 Å². The summed E-state index contributed by atoms with van der Waals surface area (Å²) in [6, 6.07) is 0.269. The van der Waals surface area contributed by atoms with Crippen molar-refractivity contribution in [1.29, 1.82) is 5.41 Å². The van der Waals surface area contributed by atoms with E-state index in [1.807, 2.05) is 6.92 Å². The molecule has 0 spiro atoms. The molecule has 2 unspecified atom stereocenters. The molecule has 0 saturated carbocycles. The van der Waals surface area contributed by atoms with Crippen LogP contribution >= 0.6 is 0 Å². The third-order valence-corrected chi connectivity index (χ3v) is 3.12. The summed E-state index contributed by atoms with van der Waals surface area (Å²) >= 11 is 0. The van der Waals surface area contributed by atoms with E-state index in [1.165, 1.54) is 0 Å². The Bertz CT molecular complexity index is 205. The lowest BCUT2D eigenvalue weighted by Gasteiger charge is -2.25. The van der Waals surface area contributed by atoms with Gasteiger partial charge in [0.25, 0.3) is 0 Å². The Balaban J connectivity index is 2.45. The molecule has 2 atom stereocenters. The fraction of sp³-hybridized carbons (Fsp3) is 0.875. The topological polar surface area (TPSA) is 44.2 Å². The molecule has 1 aliphatic rings. The van der Waals surface area contributed by atoms with E-state index < -0.39 is 10.8 Å². The van der Waals surface area contributed by atoms with Crippen molar-refractivity contribution in [2.24, 2.45) is 0 Å². The van der Waals surface area contributed by atoms with Crippen molar-refractivity contribution in [1.82, 2.24) is 4.90 Å². The molecule has 0 aromatic rings. The summed E-state index contributed by atoms with van der Waals surface area (Å²) in [7, 11) is -0.745. The zero-order chi connectivity index (χ0) is 9.14. The van der Waals surface area contributed by atoms with Crippen LogP contribution in [-0.4, -0.2) is 39.5 Å². The molecule has 0 bridgehead atoms. The van der Waals surface area contributed by atoms with E-state index in [2.05, 4.69) is 4.90 Å². The summed E-state index contributed by atoms with van der Waals surface area (Å²) in [5.41, 5.74) is 0. The minimum atomic E-state index is -0.745. The molecule has 1 saturated heterocycles. The Hall–Kier alpha value is -0.380. The van der Waals surface area contributed by atoms with Crippen molar-refractivity contribution in [3.05, 3.63) is 0 Å². The second-order valence-corrected chi connectivity index (χ2v) is 4.81. The van der Waals surface area contributed by atoms with E-state index in [9.17, 15) is 4.21 Å². The van der Waals surface area contributed by atoms with Crippen molar-refractivity contribution >= 4 is 16.6 Å². The first-order valence-corrected chi connectivity index (χ1v) is 5.98. The summed E-state index contributed by atoms with van der Waals surface area (Å²) in [6.07, 6.45) is 3.69. The second kappa shape index (κ2) is 4.03. The fourth-order valence-corrected chi connectivity index (χ4v) is 2.47. The lowest BCUT2D eigenvalue weighted by atomic mass is 10.3. The molecule has 0 aliphatic carbocycles. The van der Waals surface area contributed by atoms with Gasteiger partial charge in [0.05, 0.1) is 5.84 Å². The predicted octanol–water partition coefficient (Wildman–Crippen LogP) is 0.826. The summed E-state index contributed by atoms with van der Waals surface area (Å²) < 4.78 is 10.9. The molecule has 1 N–H and O–H groups in total. The molecular weight excluding hydrogens is 172 g/mol. The van der Waals surface area contributed by atoms with Gasteiger partial charge in [-0.1, -0.05) is 0 Å². The SMILES string of the molecule is CC(CS(C)=O)N1CCCC1=N. The number of likely N-dealkylation sites (tertiary alicyclic amines) is 1. The molecular formula is C8H16N2OS. The Kier molecular flexibility index (Phi) is 3.26. The number of amidine groups is 1. The van der Waals surface area contributed by atoms with E-state index in [-0.39, 0.29) is 6.04 Å². The second-order valence-electron chi connectivity index (χ2n) is 3.33. The van der Waals surface area contributed by atoms with Gasteiger partial charge in [-0.05, 0) is 13.3 Å². The van der Waals surface area contributed by atoms with Crippen molar-refractivity contribution in [3.63, 3.8) is 0 Å². The third-order valence-electron chi connectivity index (χ3n) is 2.17.